The highest BCUT2D eigenvalue weighted by atomic mass is 79.9. The number of hydrogen-bond donors (Lipinski definition) is 1. The smallest absolute Gasteiger partial charge is 0.293 e. The highest BCUT2D eigenvalue weighted by Gasteiger charge is 2.35. The zero-order valence-corrected chi connectivity index (χ0v) is 17.5. The van der Waals surface area contributed by atoms with Crippen molar-refractivity contribution >= 4 is 50.6 Å². The van der Waals surface area contributed by atoms with E-state index in [1.165, 1.54) is 6.08 Å². The zero-order chi connectivity index (χ0) is 21.1. The molecule has 0 unspecified atom stereocenters. The summed E-state index contributed by atoms with van der Waals surface area (Å²) in [4.78, 5) is 36.3. The van der Waals surface area contributed by atoms with E-state index in [1.54, 1.807) is 6.07 Å². The van der Waals surface area contributed by atoms with E-state index in [1.807, 2.05) is 25.1 Å². The van der Waals surface area contributed by atoms with Crippen LogP contribution in [-0.2, 0) is 4.79 Å². The molecule has 1 aliphatic rings. The van der Waals surface area contributed by atoms with Gasteiger partial charge in [0.1, 0.15) is 18.1 Å². The Balaban J connectivity index is 1.74. The lowest BCUT2D eigenvalue weighted by Gasteiger charge is -2.13. The van der Waals surface area contributed by atoms with Crippen molar-refractivity contribution in [1.29, 1.82) is 0 Å². The Kier molecular flexibility index (Phi) is 6.23. The molecule has 0 aliphatic carbocycles. The Labute approximate surface area is 178 Å². The Morgan fingerprint density at radius 3 is 2.76 bits per heavy atom. The lowest BCUT2D eigenvalue weighted by Crippen LogP contribution is -2.32. The molecule has 0 saturated carbocycles. The summed E-state index contributed by atoms with van der Waals surface area (Å²) < 4.78 is 5.69. The van der Waals surface area contributed by atoms with Gasteiger partial charge in [-0.25, -0.2) is 0 Å². The number of phenolic OH excluding ortho intramolecular Hbond substituents is 1. The van der Waals surface area contributed by atoms with Gasteiger partial charge in [0.2, 0.25) is 0 Å². The molecule has 0 bridgehead atoms. The van der Waals surface area contributed by atoms with Crippen LogP contribution in [0.2, 0.25) is 0 Å². The summed E-state index contributed by atoms with van der Waals surface area (Å²) in [5, 5.41) is 20.7. The third-order valence-corrected chi connectivity index (χ3v) is 5.53. The average molecular weight is 479 g/mol. The number of amides is 2. The number of hydrogen-bond acceptors (Lipinski definition) is 7. The molecule has 2 aromatic carbocycles. The van der Waals surface area contributed by atoms with Gasteiger partial charge in [-0.1, -0.05) is 12.1 Å². The van der Waals surface area contributed by atoms with Gasteiger partial charge in [-0.05, 0) is 58.4 Å². The van der Waals surface area contributed by atoms with Gasteiger partial charge in [0.05, 0.1) is 20.8 Å². The maximum Gasteiger partial charge on any atom is 0.293 e. The van der Waals surface area contributed by atoms with E-state index < -0.39 is 16.1 Å². The molecule has 0 aromatic heterocycles. The SMILES string of the molecule is Cc1cccc(OCCN2C(=O)S/C(=C\c3cc([N+](=O)[O-])cc(Br)c3O)C2=O)c1. The van der Waals surface area contributed by atoms with E-state index in [0.717, 1.165) is 22.6 Å². The zero-order valence-electron chi connectivity index (χ0n) is 15.1. The van der Waals surface area contributed by atoms with E-state index in [0.29, 0.717) is 17.5 Å². The van der Waals surface area contributed by atoms with Gasteiger partial charge >= 0.3 is 0 Å². The predicted molar refractivity (Wildman–Crippen MR) is 112 cm³/mol. The first-order valence-corrected chi connectivity index (χ1v) is 9.99. The molecule has 1 saturated heterocycles. The Bertz CT molecular complexity index is 1040. The maximum absolute atomic E-state index is 12.6. The van der Waals surface area contributed by atoms with Crippen molar-refractivity contribution in [3.63, 3.8) is 0 Å². The van der Waals surface area contributed by atoms with Crippen molar-refractivity contribution in [2.24, 2.45) is 0 Å². The summed E-state index contributed by atoms with van der Waals surface area (Å²) in [6.45, 7) is 2.11. The molecule has 1 heterocycles. The fraction of sp³-hybridized carbons (Fsp3) is 0.158. The molecule has 1 fully saturated rings. The monoisotopic (exact) mass is 478 g/mol. The molecule has 10 heteroatoms. The standard InChI is InChI=1S/C19H15BrN2O6S/c1-11-3-2-4-14(7-11)28-6-5-21-18(24)16(29-19(21)25)9-12-8-13(22(26)27)10-15(20)17(12)23/h2-4,7-10,23H,5-6H2,1H3/b16-9-. The van der Waals surface area contributed by atoms with Gasteiger partial charge < -0.3 is 9.84 Å². The Morgan fingerprint density at radius 2 is 2.07 bits per heavy atom. The Morgan fingerprint density at radius 1 is 1.31 bits per heavy atom. The molecule has 150 valence electrons. The number of nitrogens with zero attached hydrogens (tertiary/aromatic N) is 2. The second-order valence-corrected chi connectivity index (χ2v) is 7.97. The number of halogens is 1. The number of nitro benzene ring substituents is 1. The number of ether oxygens (including phenoxy) is 1. The molecule has 2 aromatic rings. The van der Waals surface area contributed by atoms with Crippen molar-refractivity contribution in [2.75, 3.05) is 13.2 Å². The van der Waals surface area contributed by atoms with E-state index >= 15 is 0 Å². The average Bonchev–Trinajstić information content (AvgIpc) is 2.92. The molecule has 1 aliphatic heterocycles. The molecule has 29 heavy (non-hydrogen) atoms. The predicted octanol–water partition coefficient (Wildman–Crippen LogP) is 4.49. The summed E-state index contributed by atoms with van der Waals surface area (Å²) >= 11 is 3.75. The molecule has 1 N–H and O–H groups in total. The van der Waals surface area contributed by atoms with Crippen LogP contribution in [0.1, 0.15) is 11.1 Å². The molecule has 0 spiro atoms. The van der Waals surface area contributed by atoms with Crippen LogP contribution in [0.4, 0.5) is 10.5 Å². The van der Waals surface area contributed by atoms with Gasteiger partial charge in [-0.15, -0.1) is 0 Å². The van der Waals surface area contributed by atoms with Gasteiger partial charge in [0.25, 0.3) is 16.8 Å². The van der Waals surface area contributed by atoms with Crippen LogP contribution in [-0.4, -0.2) is 39.2 Å². The van der Waals surface area contributed by atoms with Crippen LogP contribution >= 0.6 is 27.7 Å². The van der Waals surface area contributed by atoms with Crippen molar-refractivity contribution in [3.05, 3.63) is 67.0 Å². The lowest BCUT2D eigenvalue weighted by atomic mass is 10.1. The summed E-state index contributed by atoms with van der Waals surface area (Å²) in [5.74, 6) is -0.168. The van der Waals surface area contributed by atoms with E-state index in [2.05, 4.69) is 15.9 Å². The fourth-order valence-electron chi connectivity index (χ4n) is 2.61. The van der Waals surface area contributed by atoms with Crippen LogP contribution < -0.4 is 4.74 Å². The molecule has 2 amide bonds. The minimum Gasteiger partial charge on any atom is -0.506 e. The summed E-state index contributed by atoms with van der Waals surface area (Å²) in [6.07, 6.45) is 1.26. The number of benzene rings is 2. The number of phenols is 1. The maximum atomic E-state index is 12.6. The van der Waals surface area contributed by atoms with Crippen molar-refractivity contribution in [3.8, 4) is 11.5 Å². The van der Waals surface area contributed by atoms with Crippen molar-refractivity contribution in [2.45, 2.75) is 6.92 Å². The highest BCUT2D eigenvalue weighted by Crippen LogP contribution is 2.37. The first-order chi connectivity index (χ1) is 13.8. The topological polar surface area (TPSA) is 110 Å². The normalized spacial score (nSPS) is 15.2. The van der Waals surface area contributed by atoms with Gasteiger partial charge in [0.15, 0.2) is 0 Å². The number of carbonyl (C=O) groups excluding carboxylic acids is 2. The molecular weight excluding hydrogens is 464 g/mol. The van der Waals surface area contributed by atoms with Crippen molar-refractivity contribution in [1.82, 2.24) is 4.90 Å². The third kappa shape index (κ3) is 4.77. The highest BCUT2D eigenvalue weighted by molar-refractivity contribution is 9.10. The number of aromatic hydroxyl groups is 1. The number of imide groups is 1. The number of aryl methyl sites for hydroxylation is 1. The summed E-state index contributed by atoms with van der Waals surface area (Å²) in [7, 11) is 0. The third-order valence-electron chi connectivity index (χ3n) is 4.02. The van der Waals surface area contributed by atoms with Crippen LogP contribution in [0, 0.1) is 17.0 Å². The molecule has 0 atom stereocenters. The van der Waals surface area contributed by atoms with Gasteiger partial charge in [0, 0.05) is 17.7 Å². The van der Waals surface area contributed by atoms with Crippen LogP contribution in [0.15, 0.2) is 45.8 Å². The van der Waals surface area contributed by atoms with E-state index in [4.69, 9.17) is 4.74 Å². The quantitative estimate of drug-likeness (QED) is 0.369. The largest absolute Gasteiger partial charge is 0.506 e. The second kappa shape index (κ2) is 8.66. The minimum absolute atomic E-state index is 0.0561. The molecule has 8 nitrogen and oxygen atoms in total. The van der Waals surface area contributed by atoms with Crippen molar-refractivity contribution < 1.29 is 24.4 Å². The Hall–Kier alpha value is -2.85. The lowest BCUT2D eigenvalue weighted by molar-refractivity contribution is -0.385. The summed E-state index contributed by atoms with van der Waals surface area (Å²) in [6, 6.07) is 9.68. The second-order valence-electron chi connectivity index (χ2n) is 6.12. The minimum atomic E-state index is -0.615. The fourth-order valence-corrected chi connectivity index (χ4v) is 3.93. The molecular formula is C19H15BrN2O6S. The van der Waals surface area contributed by atoms with Crippen LogP contribution in [0.3, 0.4) is 0 Å². The van der Waals surface area contributed by atoms with E-state index in [9.17, 15) is 24.8 Å². The van der Waals surface area contributed by atoms with Gasteiger partial charge in [-0.2, -0.15) is 0 Å². The molecule has 3 rings (SSSR count). The molecule has 0 radical (unpaired) electrons. The first kappa shape index (κ1) is 20.9. The number of non-ortho nitro benzene ring substituents is 1. The number of nitro groups is 1. The van der Waals surface area contributed by atoms with E-state index in [-0.39, 0.29) is 39.5 Å². The summed E-state index contributed by atoms with van der Waals surface area (Å²) in [5.41, 5.74) is 0.832. The number of thioether (sulfide) groups is 1. The number of carbonyl (C=O) groups is 2. The van der Waals surface area contributed by atoms with Gasteiger partial charge in [-0.3, -0.25) is 24.6 Å². The van der Waals surface area contributed by atoms with Crippen LogP contribution in [0.5, 0.6) is 11.5 Å². The number of rotatable bonds is 6. The van der Waals surface area contributed by atoms with Crippen LogP contribution in [0.25, 0.3) is 6.08 Å². The first-order valence-electron chi connectivity index (χ1n) is 8.38.